The number of nitrogens with one attached hydrogen (secondary N) is 1. The van der Waals surface area contributed by atoms with E-state index >= 15 is 0 Å². The molecule has 96 valence electrons. The standard InChI is InChI=1S/C16H22N2/c1-13(2)16(14-8-5-4-6-9-14)17-12-15-10-7-11-18(15)3/h4-11,13,16-17H,12H2,1-3H3/t16-/m1/s1. The largest absolute Gasteiger partial charge is 0.353 e. The average Bonchev–Trinajstić information content (AvgIpc) is 2.76. The van der Waals surface area contributed by atoms with Gasteiger partial charge in [-0.3, -0.25) is 0 Å². The molecule has 0 radical (unpaired) electrons. The lowest BCUT2D eigenvalue weighted by molar-refractivity contribution is 0.406. The lowest BCUT2D eigenvalue weighted by atomic mass is 9.96. The Hall–Kier alpha value is -1.54. The Morgan fingerprint density at radius 1 is 1.06 bits per heavy atom. The Morgan fingerprint density at radius 2 is 1.78 bits per heavy atom. The van der Waals surface area contributed by atoms with E-state index in [0.717, 1.165) is 6.54 Å². The Kier molecular flexibility index (Phi) is 4.21. The van der Waals surface area contributed by atoms with Crippen LogP contribution in [0.2, 0.25) is 0 Å². The van der Waals surface area contributed by atoms with Crippen molar-refractivity contribution >= 4 is 0 Å². The van der Waals surface area contributed by atoms with Gasteiger partial charge in [0.25, 0.3) is 0 Å². The summed E-state index contributed by atoms with van der Waals surface area (Å²) in [7, 11) is 2.09. The van der Waals surface area contributed by atoms with Gasteiger partial charge in [0.05, 0.1) is 0 Å². The van der Waals surface area contributed by atoms with E-state index in [-0.39, 0.29) is 0 Å². The highest BCUT2D eigenvalue weighted by molar-refractivity contribution is 5.19. The van der Waals surface area contributed by atoms with E-state index in [4.69, 9.17) is 0 Å². The molecular weight excluding hydrogens is 220 g/mol. The molecule has 0 aliphatic carbocycles. The first-order valence-electron chi connectivity index (χ1n) is 6.57. The first-order valence-corrected chi connectivity index (χ1v) is 6.57. The van der Waals surface area contributed by atoms with E-state index in [1.54, 1.807) is 0 Å². The van der Waals surface area contributed by atoms with Crippen molar-refractivity contribution < 1.29 is 0 Å². The second-order valence-corrected chi connectivity index (χ2v) is 5.12. The molecule has 2 heteroatoms. The molecule has 0 bridgehead atoms. The number of hydrogen-bond donors (Lipinski definition) is 1. The zero-order chi connectivity index (χ0) is 13.0. The molecule has 1 aromatic heterocycles. The van der Waals surface area contributed by atoms with Crippen molar-refractivity contribution in [1.29, 1.82) is 0 Å². The maximum atomic E-state index is 3.66. The molecule has 0 spiro atoms. The van der Waals surface area contributed by atoms with E-state index in [9.17, 15) is 0 Å². The highest BCUT2D eigenvalue weighted by atomic mass is 15.0. The van der Waals surface area contributed by atoms with Gasteiger partial charge < -0.3 is 9.88 Å². The highest BCUT2D eigenvalue weighted by Gasteiger charge is 2.14. The van der Waals surface area contributed by atoms with Gasteiger partial charge >= 0.3 is 0 Å². The maximum Gasteiger partial charge on any atom is 0.0364 e. The Morgan fingerprint density at radius 3 is 2.33 bits per heavy atom. The summed E-state index contributed by atoms with van der Waals surface area (Å²) in [5.41, 5.74) is 2.68. The van der Waals surface area contributed by atoms with Gasteiger partial charge in [0, 0.05) is 31.5 Å². The summed E-state index contributed by atoms with van der Waals surface area (Å²) in [5.74, 6) is 0.577. The van der Waals surface area contributed by atoms with Gasteiger partial charge in [-0.05, 0) is 23.6 Å². The van der Waals surface area contributed by atoms with Crippen molar-refractivity contribution in [1.82, 2.24) is 9.88 Å². The Balaban J connectivity index is 2.06. The number of aryl methyl sites for hydroxylation is 1. The van der Waals surface area contributed by atoms with Gasteiger partial charge in [-0.1, -0.05) is 44.2 Å². The molecule has 2 rings (SSSR count). The third-order valence-corrected chi connectivity index (χ3v) is 3.38. The molecule has 0 amide bonds. The molecule has 1 N–H and O–H groups in total. The van der Waals surface area contributed by atoms with Crippen LogP contribution < -0.4 is 5.32 Å². The van der Waals surface area contributed by atoms with Gasteiger partial charge in [-0.25, -0.2) is 0 Å². The molecule has 18 heavy (non-hydrogen) atoms. The SMILES string of the molecule is CC(C)[C@@H](NCc1cccn1C)c1ccccc1. The first-order chi connectivity index (χ1) is 8.68. The predicted molar refractivity (Wildman–Crippen MR) is 76.3 cm³/mol. The minimum atomic E-state index is 0.404. The lowest BCUT2D eigenvalue weighted by Crippen LogP contribution is -2.26. The van der Waals surface area contributed by atoms with E-state index in [0.29, 0.717) is 12.0 Å². The summed E-state index contributed by atoms with van der Waals surface area (Å²) in [5, 5.41) is 3.66. The van der Waals surface area contributed by atoms with Crippen LogP contribution in [0.25, 0.3) is 0 Å². The molecule has 2 nitrogen and oxygen atoms in total. The Bertz CT molecular complexity index is 471. The van der Waals surface area contributed by atoms with Crippen LogP contribution in [0.5, 0.6) is 0 Å². The topological polar surface area (TPSA) is 17.0 Å². The number of nitrogens with zero attached hydrogens (tertiary/aromatic N) is 1. The molecule has 0 aliphatic rings. The number of benzene rings is 1. The van der Waals surface area contributed by atoms with E-state index in [2.05, 4.69) is 79.4 Å². The minimum Gasteiger partial charge on any atom is -0.353 e. The van der Waals surface area contributed by atoms with Gasteiger partial charge in [0.1, 0.15) is 0 Å². The predicted octanol–water partition coefficient (Wildman–Crippen LogP) is 3.51. The summed E-state index contributed by atoms with van der Waals surface area (Å²) in [6.45, 7) is 5.42. The lowest BCUT2D eigenvalue weighted by Gasteiger charge is -2.23. The van der Waals surface area contributed by atoms with Crippen molar-refractivity contribution in [2.24, 2.45) is 13.0 Å². The maximum absolute atomic E-state index is 3.66. The smallest absolute Gasteiger partial charge is 0.0364 e. The summed E-state index contributed by atoms with van der Waals surface area (Å²) < 4.78 is 2.16. The molecule has 0 unspecified atom stereocenters. The fraction of sp³-hybridized carbons (Fsp3) is 0.375. The van der Waals surface area contributed by atoms with Crippen LogP contribution in [0.1, 0.15) is 31.1 Å². The highest BCUT2D eigenvalue weighted by Crippen LogP contribution is 2.21. The zero-order valence-electron chi connectivity index (χ0n) is 11.4. The quantitative estimate of drug-likeness (QED) is 0.849. The molecule has 0 fully saturated rings. The van der Waals surface area contributed by atoms with Crippen LogP contribution in [0.3, 0.4) is 0 Å². The van der Waals surface area contributed by atoms with Crippen molar-refractivity contribution in [3.8, 4) is 0 Å². The number of hydrogen-bond acceptors (Lipinski definition) is 1. The molecule has 0 aliphatic heterocycles. The molecule has 1 heterocycles. The van der Waals surface area contributed by atoms with Crippen LogP contribution in [-0.4, -0.2) is 4.57 Å². The summed E-state index contributed by atoms with van der Waals surface area (Å²) >= 11 is 0. The molecular formula is C16H22N2. The van der Waals surface area contributed by atoms with E-state index in [1.165, 1.54) is 11.3 Å². The molecule has 1 aromatic carbocycles. The second kappa shape index (κ2) is 5.87. The van der Waals surface area contributed by atoms with Crippen molar-refractivity contribution in [3.63, 3.8) is 0 Å². The number of aromatic nitrogens is 1. The summed E-state index contributed by atoms with van der Waals surface area (Å²) in [4.78, 5) is 0. The summed E-state index contributed by atoms with van der Waals surface area (Å²) in [6.07, 6.45) is 2.09. The van der Waals surface area contributed by atoms with Crippen molar-refractivity contribution in [2.75, 3.05) is 0 Å². The van der Waals surface area contributed by atoms with Crippen LogP contribution in [0.4, 0.5) is 0 Å². The van der Waals surface area contributed by atoms with Gasteiger partial charge in [0.2, 0.25) is 0 Å². The first kappa shape index (κ1) is 12.9. The van der Waals surface area contributed by atoms with E-state index < -0.39 is 0 Å². The normalized spacial score (nSPS) is 12.9. The third-order valence-electron chi connectivity index (χ3n) is 3.38. The van der Waals surface area contributed by atoms with Crippen LogP contribution in [0, 0.1) is 5.92 Å². The summed E-state index contributed by atoms with van der Waals surface area (Å²) in [6, 6.07) is 15.3. The fourth-order valence-electron chi connectivity index (χ4n) is 2.29. The van der Waals surface area contributed by atoms with Crippen LogP contribution >= 0.6 is 0 Å². The molecule has 0 saturated heterocycles. The fourth-order valence-corrected chi connectivity index (χ4v) is 2.29. The van der Waals surface area contributed by atoms with Crippen LogP contribution in [0.15, 0.2) is 48.7 Å². The van der Waals surface area contributed by atoms with E-state index in [1.807, 2.05) is 0 Å². The van der Waals surface area contributed by atoms with Gasteiger partial charge in [0.15, 0.2) is 0 Å². The van der Waals surface area contributed by atoms with Gasteiger partial charge in [-0.2, -0.15) is 0 Å². The Labute approximate surface area is 110 Å². The third kappa shape index (κ3) is 3.02. The zero-order valence-corrected chi connectivity index (χ0v) is 11.4. The average molecular weight is 242 g/mol. The molecule has 2 aromatic rings. The monoisotopic (exact) mass is 242 g/mol. The van der Waals surface area contributed by atoms with Gasteiger partial charge in [-0.15, -0.1) is 0 Å². The number of rotatable bonds is 5. The van der Waals surface area contributed by atoms with Crippen molar-refractivity contribution in [3.05, 3.63) is 59.9 Å². The van der Waals surface area contributed by atoms with Crippen molar-refractivity contribution in [2.45, 2.75) is 26.4 Å². The molecule has 0 saturated carbocycles. The minimum absolute atomic E-state index is 0.404. The van der Waals surface area contributed by atoms with Crippen LogP contribution in [-0.2, 0) is 13.6 Å². The molecule has 1 atom stereocenters. The second-order valence-electron chi connectivity index (χ2n) is 5.12.